The first-order valence-corrected chi connectivity index (χ1v) is 10.2. The number of carbonyl (C=O) groups is 1. The third kappa shape index (κ3) is 6.84. The number of carboxylic acids is 1. The predicted molar refractivity (Wildman–Crippen MR) is 113 cm³/mol. The van der Waals surface area contributed by atoms with Crippen molar-refractivity contribution in [2.24, 2.45) is 0 Å². The van der Waals surface area contributed by atoms with E-state index in [0.717, 1.165) is 31.9 Å². The van der Waals surface area contributed by atoms with Crippen molar-refractivity contribution in [1.82, 2.24) is 29.6 Å². The molecule has 0 amide bonds. The zero-order chi connectivity index (χ0) is 24.7. The van der Waals surface area contributed by atoms with E-state index in [1.54, 1.807) is 0 Å². The number of alkyl halides is 3. The molecule has 4 rings (SSSR count). The molecule has 1 aliphatic heterocycles. The van der Waals surface area contributed by atoms with Crippen molar-refractivity contribution in [1.29, 1.82) is 0 Å². The minimum Gasteiger partial charge on any atom is -0.475 e. The van der Waals surface area contributed by atoms with E-state index in [0.29, 0.717) is 30.4 Å². The SMILES string of the molecule is CN1CCN(c2ccc(-c3noc(CCn4cnccc4=O)n3)nc2)CC1.O=C(O)C(F)(F)F. The molecule has 4 heterocycles. The normalized spacial score (nSPS) is 14.4. The third-order valence-electron chi connectivity index (χ3n) is 4.91. The Bertz CT molecular complexity index is 1140. The summed E-state index contributed by atoms with van der Waals surface area (Å²) >= 11 is 0. The van der Waals surface area contributed by atoms with E-state index >= 15 is 0 Å². The van der Waals surface area contributed by atoms with Gasteiger partial charge in [-0.25, -0.2) is 9.78 Å². The molecule has 11 nitrogen and oxygen atoms in total. The van der Waals surface area contributed by atoms with Gasteiger partial charge in [-0.05, 0) is 19.2 Å². The topological polar surface area (TPSA) is 130 Å². The monoisotopic (exact) mass is 481 g/mol. The second-order valence-electron chi connectivity index (χ2n) is 7.37. The van der Waals surface area contributed by atoms with Crippen molar-refractivity contribution in [3.8, 4) is 11.5 Å². The lowest BCUT2D eigenvalue weighted by molar-refractivity contribution is -0.192. The van der Waals surface area contributed by atoms with E-state index in [-0.39, 0.29) is 5.56 Å². The Kier molecular flexibility index (Phi) is 7.94. The third-order valence-corrected chi connectivity index (χ3v) is 4.91. The van der Waals surface area contributed by atoms with Gasteiger partial charge in [0.25, 0.3) is 5.56 Å². The molecular formula is C20H22F3N7O4. The van der Waals surface area contributed by atoms with Crippen LogP contribution in [0.25, 0.3) is 11.5 Å². The number of rotatable bonds is 5. The van der Waals surface area contributed by atoms with Crippen LogP contribution in [0.4, 0.5) is 18.9 Å². The largest absolute Gasteiger partial charge is 0.490 e. The molecule has 0 spiro atoms. The molecule has 3 aromatic heterocycles. The highest BCUT2D eigenvalue weighted by atomic mass is 19.4. The van der Waals surface area contributed by atoms with Crippen molar-refractivity contribution in [3.63, 3.8) is 0 Å². The standard InChI is InChI=1S/C18H21N7O2.C2HF3O2/c1-23-8-10-24(11-9-23)14-2-3-15(20-12-14)18-21-16(27-22-18)5-7-25-13-19-6-4-17(25)26;3-2(4,5)1(6)7/h2-4,6,12-13H,5,7-11H2,1H3;(H,6,7). The summed E-state index contributed by atoms with van der Waals surface area (Å²) in [5, 5.41) is 11.1. The average molecular weight is 481 g/mol. The number of halogens is 3. The number of nitrogens with zero attached hydrogens (tertiary/aromatic N) is 7. The van der Waals surface area contributed by atoms with Crippen molar-refractivity contribution in [2.45, 2.75) is 19.1 Å². The number of aryl methyl sites for hydroxylation is 2. The summed E-state index contributed by atoms with van der Waals surface area (Å²) in [4.78, 5) is 38.0. The quantitative estimate of drug-likeness (QED) is 0.569. The van der Waals surface area contributed by atoms with E-state index < -0.39 is 12.1 Å². The number of likely N-dealkylation sites (N-methyl/N-ethyl adjacent to an activating group) is 1. The van der Waals surface area contributed by atoms with Crippen LogP contribution in [0.2, 0.25) is 0 Å². The lowest BCUT2D eigenvalue weighted by Gasteiger charge is -2.33. The molecule has 1 N–H and O–H groups in total. The lowest BCUT2D eigenvalue weighted by atomic mass is 10.2. The average Bonchev–Trinajstić information content (AvgIpc) is 3.28. The Morgan fingerprint density at radius 1 is 1.18 bits per heavy atom. The molecule has 0 aromatic carbocycles. The fraction of sp³-hybridized carbons (Fsp3) is 0.400. The van der Waals surface area contributed by atoms with Gasteiger partial charge in [-0.2, -0.15) is 18.2 Å². The van der Waals surface area contributed by atoms with Crippen LogP contribution in [-0.4, -0.2) is 80.1 Å². The van der Waals surface area contributed by atoms with Crippen LogP contribution < -0.4 is 10.5 Å². The van der Waals surface area contributed by atoms with Crippen LogP contribution in [0.5, 0.6) is 0 Å². The second-order valence-corrected chi connectivity index (χ2v) is 7.37. The van der Waals surface area contributed by atoms with Gasteiger partial charge in [-0.3, -0.25) is 14.3 Å². The van der Waals surface area contributed by atoms with Crippen LogP contribution in [0.1, 0.15) is 5.89 Å². The Morgan fingerprint density at radius 2 is 1.88 bits per heavy atom. The van der Waals surface area contributed by atoms with Gasteiger partial charge < -0.3 is 19.4 Å². The minimum atomic E-state index is -5.08. The Morgan fingerprint density at radius 3 is 2.47 bits per heavy atom. The molecule has 34 heavy (non-hydrogen) atoms. The van der Waals surface area contributed by atoms with Gasteiger partial charge in [0.1, 0.15) is 5.69 Å². The summed E-state index contributed by atoms with van der Waals surface area (Å²) in [6.45, 7) is 4.53. The summed E-state index contributed by atoms with van der Waals surface area (Å²) in [7, 11) is 2.14. The lowest BCUT2D eigenvalue weighted by Crippen LogP contribution is -2.44. The fourth-order valence-electron chi connectivity index (χ4n) is 2.99. The second kappa shape index (κ2) is 10.9. The molecule has 0 saturated carbocycles. The first kappa shape index (κ1) is 24.8. The zero-order valence-corrected chi connectivity index (χ0v) is 18.1. The number of aromatic nitrogens is 5. The van der Waals surface area contributed by atoms with Crippen LogP contribution in [0.15, 0.2) is 46.2 Å². The van der Waals surface area contributed by atoms with Crippen LogP contribution in [0.3, 0.4) is 0 Å². The van der Waals surface area contributed by atoms with Crippen LogP contribution in [-0.2, 0) is 17.8 Å². The first-order valence-electron chi connectivity index (χ1n) is 10.2. The van der Waals surface area contributed by atoms with Crippen molar-refractivity contribution < 1.29 is 27.6 Å². The van der Waals surface area contributed by atoms with Gasteiger partial charge in [-0.1, -0.05) is 5.16 Å². The van der Waals surface area contributed by atoms with Gasteiger partial charge in [-0.15, -0.1) is 0 Å². The highest BCUT2D eigenvalue weighted by Gasteiger charge is 2.38. The maximum atomic E-state index is 11.7. The number of carboxylic acid groups (broad SMARTS) is 1. The number of aliphatic carboxylic acids is 1. The Labute approximate surface area is 191 Å². The molecule has 0 radical (unpaired) electrons. The Balaban J connectivity index is 0.000000406. The van der Waals surface area contributed by atoms with E-state index in [4.69, 9.17) is 14.4 Å². The fourth-order valence-corrected chi connectivity index (χ4v) is 2.99. The summed E-state index contributed by atoms with van der Waals surface area (Å²) in [6.07, 6.45) is 0.198. The van der Waals surface area contributed by atoms with E-state index in [1.807, 2.05) is 18.3 Å². The van der Waals surface area contributed by atoms with Crippen molar-refractivity contribution in [3.05, 3.63) is 53.2 Å². The number of pyridine rings is 1. The summed E-state index contributed by atoms with van der Waals surface area (Å²) in [6, 6.07) is 5.37. The molecule has 3 aromatic rings. The molecular weight excluding hydrogens is 459 g/mol. The highest BCUT2D eigenvalue weighted by Crippen LogP contribution is 2.19. The highest BCUT2D eigenvalue weighted by molar-refractivity contribution is 5.73. The molecule has 0 unspecified atom stereocenters. The van der Waals surface area contributed by atoms with Gasteiger partial charge in [0, 0.05) is 51.4 Å². The van der Waals surface area contributed by atoms with E-state index in [9.17, 15) is 18.0 Å². The van der Waals surface area contributed by atoms with Gasteiger partial charge in [0.2, 0.25) is 11.7 Å². The molecule has 0 bridgehead atoms. The summed E-state index contributed by atoms with van der Waals surface area (Å²) in [5.41, 5.74) is 1.67. The molecule has 182 valence electrons. The molecule has 1 fully saturated rings. The van der Waals surface area contributed by atoms with Crippen LogP contribution in [0, 0.1) is 0 Å². The first-order chi connectivity index (χ1) is 16.1. The maximum absolute atomic E-state index is 11.7. The summed E-state index contributed by atoms with van der Waals surface area (Å²) < 4.78 is 38.5. The number of hydrogen-bond acceptors (Lipinski definition) is 9. The van der Waals surface area contributed by atoms with Gasteiger partial charge >= 0.3 is 12.1 Å². The van der Waals surface area contributed by atoms with Gasteiger partial charge in [0.15, 0.2) is 0 Å². The number of piperazine rings is 1. The molecule has 1 aliphatic rings. The molecule has 14 heteroatoms. The van der Waals surface area contributed by atoms with Gasteiger partial charge in [0.05, 0.1) is 18.2 Å². The van der Waals surface area contributed by atoms with E-state index in [2.05, 4.69) is 37.0 Å². The minimum absolute atomic E-state index is 0.106. The number of anilines is 1. The smallest absolute Gasteiger partial charge is 0.475 e. The predicted octanol–water partition coefficient (Wildman–Crippen LogP) is 1.32. The molecule has 0 atom stereocenters. The Hall–Kier alpha value is -3.81. The van der Waals surface area contributed by atoms with E-state index in [1.165, 1.54) is 23.2 Å². The van der Waals surface area contributed by atoms with Crippen molar-refractivity contribution >= 4 is 11.7 Å². The molecule has 1 saturated heterocycles. The number of hydrogen-bond donors (Lipinski definition) is 1. The molecule has 0 aliphatic carbocycles. The summed E-state index contributed by atoms with van der Waals surface area (Å²) in [5.74, 6) is -1.84. The van der Waals surface area contributed by atoms with Crippen LogP contribution >= 0.6 is 0 Å². The zero-order valence-electron chi connectivity index (χ0n) is 18.1. The van der Waals surface area contributed by atoms with Crippen molar-refractivity contribution in [2.75, 3.05) is 38.1 Å². The maximum Gasteiger partial charge on any atom is 0.490 e.